The van der Waals surface area contributed by atoms with E-state index in [1.807, 2.05) is 32.1 Å². The van der Waals surface area contributed by atoms with Crippen LogP contribution in [-0.2, 0) is 0 Å². The van der Waals surface area contributed by atoms with Crippen molar-refractivity contribution in [2.45, 2.75) is 39.5 Å². The van der Waals surface area contributed by atoms with E-state index >= 15 is 0 Å². The van der Waals surface area contributed by atoms with Crippen LogP contribution in [0.1, 0.15) is 39.5 Å². The molecule has 0 unspecified atom stereocenters. The highest BCUT2D eigenvalue weighted by Gasteiger charge is 1.85. The highest BCUT2D eigenvalue weighted by atomic mass is 19.1. The summed E-state index contributed by atoms with van der Waals surface area (Å²) in [5.41, 5.74) is 1.15. The SMILES string of the molecule is C=CC(/C=C\CCC/C=C\C=C(\F)CC)=C/C. The fourth-order valence-corrected chi connectivity index (χ4v) is 1.24. The van der Waals surface area contributed by atoms with E-state index < -0.39 is 0 Å². The lowest BCUT2D eigenvalue weighted by Crippen LogP contribution is -1.72. The summed E-state index contributed by atoms with van der Waals surface area (Å²) in [6, 6.07) is 0. The Morgan fingerprint density at radius 1 is 1.24 bits per heavy atom. The van der Waals surface area contributed by atoms with Crippen molar-refractivity contribution in [3.05, 3.63) is 60.5 Å². The zero-order chi connectivity index (χ0) is 12.9. The minimum Gasteiger partial charge on any atom is -0.212 e. The monoisotopic (exact) mass is 234 g/mol. The third-order valence-corrected chi connectivity index (χ3v) is 2.37. The molecular formula is C16H23F. The number of hydrogen-bond acceptors (Lipinski definition) is 0. The van der Waals surface area contributed by atoms with Gasteiger partial charge in [-0.15, -0.1) is 0 Å². The minimum atomic E-state index is -0.0650. The molecule has 0 saturated heterocycles. The van der Waals surface area contributed by atoms with Gasteiger partial charge in [-0.2, -0.15) is 0 Å². The molecule has 0 aliphatic heterocycles. The van der Waals surface area contributed by atoms with Crippen LogP contribution in [0.3, 0.4) is 0 Å². The first-order chi connectivity index (χ1) is 8.24. The first-order valence-corrected chi connectivity index (χ1v) is 6.21. The maximum absolute atomic E-state index is 12.7. The van der Waals surface area contributed by atoms with E-state index in [1.165, 1.54) is 6.08 Å². The number of allylic oxidation sites excluding steroid dienone is 9. The maximum Gasteiger partial charge on any atom is 0.0996 e. The predicted octanol–water partition coefficient (Wildman–Crippen LogP) is 5.66. The van der Waals surface area contributed by atoms with Crippen LogP contribution in [0.25, 0.3) is 0 Å². The quantitative estimate of drug-likeness (QED) is 0.375. The van der Waals surface area contributed by atoms with Crippen LogP contribution in [0.4, 0.5) is 4.39 Å². The van der Waals surface area contributed by atoms with Gasteiger partial charge in [0, 0.05) is 0 Å². The second kappa shape index (κ2) is 11.1. The van der Waals surface area contributed by atoms with Crippen LogP contribution in [0.2, 0.25) is 0 Å². The molecule has 0 nitrogen and oxygen atoms in total. The van der Waals surface area contributed by atoms with Gasteiger partial charge in [-0.05, 0) is 44.3 Å². The third kappa shape index (κ3) is 9.55. The molecule has 0 aromatic carbocycles. The lowest BCUT2D eigenvalue weighted by Gasteiger charge is -1.92. The third-order valence-electron chi connectivity index (χ3n) is 2.37. The van der Waals surface area contributed by atoms with E-state index in [2.05, 4.69) is 18.7 Å². The van der Waals surface area contributed by atoms with Crippen LogP contribution >= 0.6 is 0 Å². The van der Waals surface area contributed by atoms with Crippen molar-refractivity contribution >= 4 is 0 Å². The standard InChI is InChI=1S/C16H23F/c1-4-15(5-2)13-11-9-7-8-10-12-14-16(17)6-3/h4-5,10-14H,1,6-9H2,2-3H3/b12-10-,13-11-,15-5-,16-14+. The van der Waals surface area contributed by atoms with Gasteiger partial charge in [0.05, 0.1) is 5.83 Å². The van der Waals surface area contributed by atoms with E-state index in [-0.39, 0.29) is 5.83 Å². The van der Waals surface area contributed by atoms with Crippen LogP contribution in [0.5, 0.6) is 0 Å². The van der Waals surface area contributed by atoms with E-state index in [4.69, 9.17) is 0 Å². The van der Waals surface area contributed by atoms with Gasteiger partial charge in [0.1, 0.15) is 0 Å². The second-order valence-corrected chi connectivity index (χ2v) is 3.72. The summed E-state index contributed by atoms with van der Waals surface area (Å²) in [4.78, 5) is 0. The first-order valence-electron chi connectivity index (χ1n) is 6.21. The summed E-state index contributed by atoms with van der Waals surface area (Å²) < 4.78 is 12.7. The molecule has 0 bridgehead atoms. The Balaban J connectivity index is 3.69. The fourth-order valence-electron chi connectivity index (χ4n) is 1.24. The lowest BCUT2D eigenvalue weighted by atomic mass is 10.1. The average molecular weight is 234 g/mol. The molecule has 1 heteroatoms. The Hall–Kier alpha value is -1.37. The van der Waals surface area contributed by atoms with Crippen LogP contribution < -0.4 is 0 Å². The van der Waals surface area contributed by atoms with Crippen molar-refractivity contribution in [3.8, 4) is 0 Å². The van der Waals surface area contributed by atoms with Crippen molar-refractivity contribution < 1.29 is 4.39 Å². The molecule has 0 aromatic heterocycles. The summed E-state index contributed by atoms with van der Waals surface area (Å²) in [5, 5.41) is 0. The van der Waals surface area contributed by atoms with E-state index in [9.17, 15) is 4.39 Å². The molecule has 17 heavy (non-hydrogen) atoms. The normalized spacial score (nSPS) is 13.8. The molecule has 0 aliphatic rings. The fraction of sp³-hybridized carbons (Fsp3) is 0.375. The molecule has 0 radical (unpaired) electrons. The zero-order valence-electron chi connectivity index (χ0n) is 11.0. The van der Waals surface area contributed by atoms with Gasteiger partial charge in [0.15, 0.2) is 0 Å². The summed E-state index contributed by atoms with van der Waals surface area (Å²) in [6.45, 7) is 7.53. The predicted molar refractivity (Wildman–Crippen MR) is 75.6 cm³/mol. The molecule has 0 saturated carbocycles. The maximum atomic E-state index is 12.7. The molecule has 0 aliphatic carbocycles. The summed E-state index contributed by atoms with van der Waals surface area (Å²) in [7, 11) is 0. The lowest BCUT2D eigenvalue weighted by molar-refractivity contribution is 0.604. The zero-order valence-corrected chi connectivity index (χ0v) is 11.0. The van der Waals surface area contributed by atoms with Gasteiger partial charge in [-0.3, -0.25) is 0 Å². The van der Waals surface area contributed by atoms with Gasteiger partial charge in [-0.25, -0.2) is 4.39 Å². The van der Waals surface area contributed by atoms with Crippen LogP contribution in [-0.4, -0.2) is 0 Å². The Bertz CT molecular complexity index is 316. The highest BCUT2D eigenvalue weighted by molar-refractivity contribution is 5.28. The van der Waals surface area contributed by atoms with Crippen LogP contribution in [0.15, 0.2) is 60.5 Å². The molecule has 0 atom stereocenters. The topological polar surface area (TPSA) is 0 Å². The minimum absolute atomic E-state index is 0.0650. The molecular weight excluding hydrogens is 211 g/mol. The van der Waals surface area contributed by atoms with Gasteiger partial charge >= 0.3 is 0 Å². The number of halogens is 1. The Kier molecular flexibility index (Phi) is 10.2. The van der Waals surface area contributed by atoms with Crippen molar-refractivity contribution in [1.29, 1.82) is 0 Å². The van der Waals surface area contributed by atoms with Crippen molar-refractivity contribution in [1.82, 2.24) is 0 Å². The molecule has 0 rings (SSSR count). The van der Waals surface area contributed by atoms with Gasteiger partial charge in [-0.1, -0.05) is 50.0 Å². The average Bonchev–Trinajstić information content (AvgIpc) is 2.36. The number of hydrogen-bond donors (Lipinski definition) is 0. The molecule has 0 fully saturated rings. The van der Waals surface area contributed by atoms with Gasteiger partial charge < -0.3 is 0 Å². The number of unbranched alkanes of at least 4 members (excludes halogenated alkanes) is 2. The largest absolute Gasteiger partial charge is 0.212 e. The van der Waals surface area contributed by atoms with Crippen LogP contribution in [0, 0.1) is 0 Å². The van der Waals surface area contributed by atoms with E-state index in [0.717, 1.165) is 24.8 Å². The van der Waals surface area contributed by atoms with Gasteiger partial charge in [0.2, 0.25) is 0 Å². The van der Waals surface area contributed by atoms with E-state index in [1.54, 1.807) is 6.08 Å². The Morgan fingerprint density at radius 2 is 1.94 bits per heavy atom. The number of rotatable bonds is 8. The molecule has 0 spiro atoms. The Labute approximate surface area is 105 Å². The molecule has 94 valence electrons. The van der Waals surface area contributed by atoms with Crippen molar-refractivity contribution in [2.75, 3.05) is 0 Å². The smallest absolute Gasteiger partial charge is 0.0996 e. The Morgan fingerprint density at radius 3 is 2.53 bits per heavy atom. The summed E-state index contributed by atoms with van der Waals surface area (Å²) >= 11 is 0. The first kappa shape index (κ1) is 15.6. The molecule has 0 amide bonds. The molecule has 0 aromatic rings. The summed E-state index contributed by atoms with van der Waals surface area (Å²) in [5.74, 6) is -0.0650. The highest BCUT2D eigenvalue weighted by Crippen LogP contribution is 2.04. The molecule has 0 heterocycles. The second-order valence-electron chi connectivity index (χ2n) is 3.72. The summed E-state index contributed by atoms with van der Waals surface area (Å²) in [6.07, 6.45) is 17.0. The van der Waals surface area contributed by atoms with E-state index in [0.29, 0.717) is 6.42 Å². The van der Waals surface area contributed by atoms with Crippen molar-refractivity contribution in [2.24, 2.45) is 0 Å². The van der Waals surface area contributed by atoms with Gasteiger partial charge in [0.25, 0.3) is 0 Å². The van der Waals surface area contributed by atoms with Crippen molar-refractivity contribution in [3.63, 3.8) is 0 Å². The molecule has 0 N–H and O–H groups in total.